The molecule has 4 aromatic carbocycles. The quantitative estimate of drug-likeness (QED) is 0.181. The van der Waals surface area contributed by atoms with Gasteiger partial charge in [-0.05, 0) is 66.9 Å². The monoisotopic (exact) mass is 647 g/mol. The molecule has 2 amide bonds. The number of carbonyl (C=O) groups excluding carboxylic acids is 2. The average Bonchev–Trinajstić information content (AvgIpc) is 3.05. The van der Waals surface area contributed by atoms with E-state index in [2.05, 4.69) is 5.32 Å². The summed E-state index contributed by atoms with van der Waals surface area (Å²) < 4.78 is 34.6. The van der Waals surface area contributed by atoms with Crippen LogP contribution in [0.2, 0.25) is 5.02 Å². The molecule has 0 spiro atoms. The van der Waals surface area contributed by atoms with E-state index in [1.165, 1.54) is 24.1 Å². The number of ether oxygens (including phenoxy) is 1. The van der Waals surface area contributed by atoms with Gasteiger partial charge >= 0.3 is 0 Å². The highest BCUT2D eigenvalue weighted by Crippen LogP contribution is 2.27. The van der Waals surface area contributed by atoms with Gasteiger partial charge in [0, 0.05) is 24.5 Å². The van der Waals surface area contributed by atoms with Gasteiger partial charge in [-0.1, -0.05) is 84.8 Å². The van der Waals surface area contributed by atoms with Gasteiger partial charge < -0.3 is 15.0 Å². The lowest BCUT2D eigenvalue weighted by Gasteiger charge is -2.34. The largest absolute Gasteiger partial charge is 0.497 e. The summed E-state index contributed by atoms with van der Waals surface area (Å²) in [5, 5.41) is 3.37. The predicted molar refractivity (Wildman–Crippen MR) is 178 cm³/mol. The fourth-order valence-electron chi connectivity index (χ4n) is 4.84. The highest BCUT2D eigenvalue weighted by Gasteiger charge is 2.34. The number of amides is 2. The first-order valence-corrected chi connectivity index (χ1v) is 16.5. The third kappa shape index (κ3) is 8.65. The fourth-order valence-corrected chi connectivity index (χ4v) is 6.45. The van der Waals surface area contributed by atoms with Crippen molar-refractivity contribution in [3.63, 3.8) is 0 Å². The minimum atomic E-state index is -4.22. The summed E-state index contributed by atoms with van der Waals surface area (Å²) in [7, 11) is -2.72. The molecule has 0 aliphatic carbocycles. The molecule has 0 saturated carbocycles. The molecule has 0 radical (unpaired) electrons. The number of hydrogen-bond donors (Lipinski definition) is 1. The van der Waals surface area contributed by atoms with Crippen molar-refractivity contribution in [2.24, 2.45) is 0 Å². The first-order valence-electron chi connectivity index (χ1n) is 14.7. The van der Waals surface area contributed by atoms with E-state index in [0.717, 1.165) is 15.4 Å². The number of nitrogens with one attached hydrogen (secondary N) is 1. The Morgan fingerprint density at radius 3 is 2.16 bits per heavy atom. The van der Waals surface area contributed by atoms with Crippen LogP contribution in [0.3, 0.4) is 0 Å². The summed E-state index contributed by atoms with van der Waals surface area (Å²) >= 11 is 6.54. The second kappa shape index (κ2) is 15.6. The molecule has 1 atom stereocenters. The van der Waals surface area contributed by atoms with E-state index < -0.39 is 28.5 Å². The van der Waals surface area contributed by atoms with Crippen LogP contribution in [-0.4, -0.2) is 51.4 Å². The Morgan fingerprint density at radius 1 is 0.889 bits per heavy atom. The molecule has 8 nitrogen and oxygen atoms in total. The molecule has 0 fully saturated rings. The molecule has 1 N–H and O–H groups in total. The molecule has 4 rings (SSSR count). The number of methoxy groups -OCH3 is 1. The molecule has 0 bridgehead atoms. The topological polar surface area (TPSA) is 96.0 Å². The average molecular weight is 648 g/mol. The number of halogens is 1. The van der Waals surface area contributed by atoms with Gasteiger partial charge in [0.15, 0.2) is 0 Å². The third-order valence-electron chi connectivity index (χ3n) is 7.37. The SMILES string of the molecule is CCCNC(=O)C(Cc1ccccc1)N(Cc1ccccc1Cl)C(=O)CN(c1ccc(C)cc1)S(=O)(=O)c1ccc(OC)cc1. The summed E-state index contributed by atoms with van der Waals surface area (Å²) in [6, 6.07) is 28.5. The second-order valence-corrected chi connectivity index (χ2v) is 12.9. The number of nitrogens with zero attached hydrogens (tertiary/aromatic N) is 2. The molecule has 236 valence electrons. The van der Waals surface area contributed by atoms with Gasteiger partial charge in [-0.15, -0.1) is 0 Å². The summed E-state index contributed by atoms with van der Waals surface area (Å²) in [6.45, 7) is 3.72. The number of rotatable bonds is 14. The Bertz CT molecular complexity index is 1680. The molecule has 0 saturated heterocycles. The van der Waals surface area contributed by atoms with E-state index in [4.69, 9.17) is 16.3 Å². The van der Waals surface area contributed by atoms with Crippen molar-refractivity contribution in [2.45, 2.75) is 44.2 Å². The maximum atomic E-state index is 14.5. The van der Waals surface area contributed by atoms with Crippen LogP contribution in [0.25, 0.3) is 0 Å². The first-order chi connectivity index (χ1) is 21.6. The maximum absolute atomic E-state index is 14.5. The van der Waals surface area contributed by atoms with Crippen molar-refractivity contribution in [2.75, 3.05) is 24.5 Å². The lowest BCUT2D eigenvalue weighted by Crippen LogP contribution is -2.53. The van der Waals surface area contributed by atoms with Gasteiger partial charge in [-0.3, -0.25) is 13.9 Å². The highest BCUT2D eigenvalue weighted by molar-refractivity contribution is 7.92. The molecule has 0 heterocycles. The molecule has 0 aliphatic rings. The Hall–Kier alpha value is -4.34. The molecular formula is C35H38ClN3O5S. The molecule has 0 aromatic heterocycles. The van der Waals surface area contributed by atoms with Crippen molar-refractivity contribution < 1.29 is 22.7 Å². The molecule has 10 heteroatoms. The molecule has 4 aromatic rings. The summed E-state index contributed by atoms with van der Waals surface area (Å²) in [6.07, 6.45) is 0.936. The minimum Gasteiger partial charge on any atom is -0.497 e. The van der Waals surface area contributed by atoms with Gasteiger partial charge in [0.2, 0.25) is 11.8 Å². The van der Waals surface area contributed by atoms with E-state index in [9.17, 15) is 18.0 Å². The zero-order valence-corrected chi connectivity index (χ0v) is 27.2. The minimum absolute atomic E-state index is 0.000126. The Kier molecular flexibility index (Phi) is 11.6. The van der Waals surface area contributed by atoms with Crippen LogP contribution in [0, 0.1) is 6.92 Å². The van der Waals surface area contributed by atoms with Crippen molar-refractivity contribution in [3.05, 3.63) is 125 Å². The molecule has 45 heavy (non-hydrogen) atoms. The highest BCUT2D eigenvalue weighted by atomic mass is 35.5. The van der Waals surface area contributed by atoms with Crippen molar-refractivity contribution in [3.8, 4) is 5.75 Å². The van der Waals surface area contributed by atoms with Crippen molar-refractivity contribution in [1.29, 1.82) is 0 Å². The number of carbonyl (C=O) groups is 2. The zero-order chi connectivity index (χ0) is 32.4. The van der Waals surface area contributed by atoms with Crippen LogP contribution in [-0.2, 0) is 32.6 Å². The van der Waals surface area contributed by atoms with Crippen LogP contribution < -0.4 is 14.4 Å². The predicted octanol–water partition coefficient (Wildman–Crippen LogP) is 6.02. The van der Waals surface area contributed by atoms with E-state index >= 15 is 0 Å². The molecule has 0 aliphatic heterocycles. The van der Waals surface area contributed by atoms with Crippen molar-refractivity contribution in [1.82, 2.24) is 10.2 Å². The van der Waals surface area contributed by atoms with Crippen LogP contribution in [0.5, 0.6) is 5.75 Å². The second-order valence-electron chi connectivity index (χ2n) is 10.6. The van der Waals surface area contributed by atoms with E-state index in [-0.39, 0.29) is 23.8 Å². The fraction of sp³-hybridized carbons (Fsp3) is 0.257. The first kappa shape index (κ1) is 33.6. The van der Waals surface area contributed by atoms with Crippen LogP contribution >= 0.6 is 11.6 Å². The normalized spacial score (nSPS) is 11.8. The number of benzene rings is 4. The summed E-state index contributed by atoms with van der Waals surface area (Å²) in [5.74, 6) is -0.388. The van der Waals surface area contributed by atoms with Crippen LogP contribution in [0.4, 0.5) is 5.69 Å². The summed E-state index contributed by atoms with van der Waals surface area (Å²) in [4.78, 5) is 29.6. The van der Waals surface area contributed by atoms with Gasteiger partial charge in [-0.25, -0.2) is 8.42 Å². The smallest absolute Gasteiger partial charge is 0.264 e. The van der Waals surface area contributed by atoms with Crippen molar-refractivity contribution >= 4 is 39.1 Å². The number of hydrogen-bond acceptors (Lipinski definition) is 5. The van der Waals surface area contributed by atoms with Gasteiger partial charge in [-0.2, -0.15) is 0 Å². The lowest BCUT2D eigenvalue weighted by atomic mass is 10.0. The number of sulfonamides is 1. The van der Waals surface area contributed by atoms with Gasteiger partial charge in [0.05, 0.1) is 17.7 Å². The molecular weight excluding hydrogens is 610 g/mol. The lowest BCUT2D eigenvalue weighted by molar-refractivity contribution is -0.140. The third-order valence-corrected chi connectivity index (χ3v) is 9.52. The van der Waals surface area contributed by atoms with E-state index in [1.807, 2.05) is 44.2 Å². The number of anilines is 1. The van der Waals surface area contributed by atoms with Crippen LogP contribution in [0.1, 0.15) is 30.0 Å². The van der Waals surface area contributed by atoms with Crippen LogP contribution in [0.15, 0.2) is 108 Å². The van der Waals surface area contributed by atoms with E-state index in [0.29, 0.717) is 35.0 Å². The standard InChI is InChI=1S/C35H38ClN3O5S/c1-4-22-37-35(41)33(23-27-10-6-5-7-11-27)38(24-28-12-8-9-13-32(28)36)34(40)25-39(29-16-14-26(2)15-17-29)45(42,43)31-20-18-30(44-3)19-21-31/h5-21,33H,4,22-25H2,1-3H3,(H,37,41). The Labute approximate surface area is 270 Å². The van der Waals surface area contributed by atoms with Gasteiger partial charge in [0.1, 0.15) is 18.3 Å². The van der Waals surface area contributed by atoms with Gasteiger partial charge in [0.25, 0.3) is 10.0 Å². The zero-order valence-electron chi connectivity index (χ0n) is 25.6. The Morgan fingerprint density at radius 2 is 1.53 bits per heavy atom. The summed E-state index contributed by atoms with van der Waals surface area (Å²) in [5.41, 5.74) is 2.74. The number of aryl methyl sites for hydroxylation is 1. The van der Waals surface area contributed by atoms with E-state index in [1.54, 1.807) is 60.7 Å². The Balaban J connectivity index is 1.80. The molecule has 1 unspecified atom stereocenters. The maximum Gasteiger partial charge on any atom is 0.264 e.